The van der Waals surface area contributed by atoms with Crippen molar-refractivity contribution >= 4 is 11.9 Å². The minimum atomic E-state index is -0.127. The Kier molecular flexibility index (Phi) is 9.35. The third-order valence-electron chi connectivity index (χ3n) is 4.15. The summed E-state index contributed by atoms with van der Waals surface area (Å²) in [5, 5.41) is 6.14. The number of amides is 1. The van der Waals surface area contributed by atoms with Crippen molar-refractivity contribution in [2.45, 2.75) is 6.92 Å². The summed E-state index contributed by atoms with van der Waals surface area (Å²) < 4.78 is 10.8. The molecule has 0 fully saturated rings. The summed E-state index contributed by atoms with van der Waals surface area (Å²) in [6.45, 7) is 4.97. The second-order valence-corrected chi connectivity index (χ2v) is 6.30. The molecule has 0 bridgehead atoms. The summed E-state index contributed by atoms with van der Waals surface area (Å²) in [5.74, 6) is 2.23. The summed E-state index contributed by atoms with van der Waals surface area (Å²) in [5.41, 5.74) is 0.594. The fourth-order valence-electron chi connectivity index (χ4n) is 2.57. The van der Waals surface area contributed by atoms with Crippen molar-refractivity contribution in [3.8, 4) is 11.5 Å². The van der Waals surface area contributed by atoms with Gasteiger partial charge in [0.15, 0.2) is 5.96 Å². The number of para-hydroxylation sites is 1. The van der Waals surface area contributed by atoms with Gasteiger partial charge in [-0.05, 0) is 43.3 Å². The van der Waals surface area contributed by atoms with Crippen LogP contribution in [0.2, 0.25) is 0 Å². The number of carbonyl (C=O) groups excluding carboxylic acids is 1. The van der Waals surface area contributed by atoms with Gasteiger partial charge in [0.1, 0.15) is 18.1 Å². The van der Waals surface area contributed by atoms with E-state index in [0.717, 1.165) is 24.0 Å². The zero-order chi connectivity index (χ0) is 20.9. The molecule has 7 heteroatoms. The normalized spacial score (nSPS) is 10.9. The van der Waals surface area contributed by atoms with Gasteiger partial charge < -0.3 is 25.0 Å². The van der Waals surface area contributed by atoms with Crippen molar-refractivity contribution in [3.05, 3.63) is 60.2 Å². The summed E-state index contributed by atoms with van der Waals surface area (Å²) in [4.78, 5) is 18.8. The Morgan fingerprint density at radius 3 is 2.41 bits per heavy atom. The van der Waals surface area contributed by atoms with Crippen LogP contribution >= 0.6 is 0 Å². The van der Waals surface area contributed by atoms with E-state index in [2.05, 4.69) is 15.6 Å². The molecule has 0 atom stereocenters. The number of nitrogens with one attached hydrogen (secondary N) is 2. The molecule has 0 heterocycles. The van der Waals surface area contributed by atoms with Gasteiger partial charge in [0, 0.05) is 25.7 Å². The topological polar surface area (TPSA) is 75.2 Å². The quantitative estimate of drug-likeness (QED) is 0.365. The number of benzene rings is 2. The highest BCUT2D eigenvalue weighted by molar-refractivity contribution is 5.94. The van der Waals surface area contributed by atoms with Crippen LogP contribution < -0.4 is 20.1 Å². The third-order valence-corrected chi connectivity index (χ3v) is 4.15. The lowest BCUT2D eigenvalue weighted by Gasteiger charge is -2.22. The van der Waals surface area contributed by atoms with Crippen molar-refractivity contribution in [2.24, 2.45) is 4.99 Å². The first kappa shape index (κ1) is 22.1. The predicted octanol–water partition coefficient (Wildman–Crippen LogP) is 2.40. The van der Waals surface area contributed by atoms with Gasteiger partial charge in [0.25, 0.3) is 5.91 Å². The molecule has 0 aliphatic carbocycles. The van der Waals surface area contributed by atoms with E-state index in [1.165, 1.54) is 0 Å². The van der Waals surface area contributed by atoms with Gasteiger partial charge in [-0.2, -0.15) is 0 Å². The highest BCUT2D eigenvalue weighted by Crippen LogP contribution is 2.11. The molecule has 0 aliphatic heterocycles. The Hall–Kier alpha value is -3.22. The molecule has 0 saturated carbocycles. The van der Waals surface area contributed by atoms with Gasteiger partial charge in [-0.15, -0.1) is 0 Å². The smallest absolute Gasteiger partial charge is 0.251 e. The number of rotatable bonds is 10. The molecule has 156 valence electrons. The van der Waals surface area contributed by atoms with E-state index in [9.17, 15) is 4.79 Å². The largest absolute Gasteiger partial charge is 0.497 e. The zero-order valence-electron chi connectivity index (χ0n) is 17.4. The Labute approximate surface area is 172 Å². The Morgan fingerprint density at radius 2 is 1.76 bits per heavy atom. The molecule has 0 spiro atoms. The van der Waals surface area contributed by atoms with Crippen molar-refractivity contribution < 1.29 is 14.3 Å². The fourth-order valence-corrected chi connectivity index (χ4v) is 2.57. The average molecular weight is 399 g/mol. The van der Waals surface area contributed by atoms with Crippen LogP contribution in [-0.2, 0) is 0 Å². The molecular formula is C22H30N4O3. The fraction of sp³-hybridized carbons (Fsp3) is 0.364. The number of guanidine groups is 1. The second-order valence-electron chi connectivity index (χ2n) is 6.30. The lowest BCUT2D eigenvalue weighted by atomic mass is 10.2. The molecule has 0 saturated heterocycles. The molecular weight excluding hydrogens is 368 g/mol. The standard InChI is InChI=1S/C22H30N4O3/c1-4-23-22(26(2)16-17-29-20-8-6-5-7-9-20)25-15-14-24-21(27)18-10-12-19(28-3)13-11-18/h5-13H,4,14-17H2,1-3H3,(H,23,25)(H,24,27). The highest BCUT2D eigenvalue weighted by Gasteiger charge is 2.07. The van der Waals surface area contributed by atoms with E-state index in [4.69, 9.17) is 9.47 Å². The SMILES string of the molecule is CCNC(=NCCNC(=O)c1ccc(OC)cc1)N(C)CCOc1ccccc1. The van der Waals surface area contributed by atoms with E-state index in [-0.39, 0.29) is 5.91 Å². The molecule has 2 aromatic rings. The number of nitrogens with zero attached hydrogens (tertiary/aromatic N) is 2. The van der Waals surface area contributed by atoms with E-state index < -0.39 is 0 Å². The van der Waals surface area contributed by atoms with Crippen molar-refractivity contribution in [2.75, 3.05) is 46.9 Å². The zero-order valence-corrected chi connectivity index (χ0v) is 17.4. The highest BCUT2D eigenvalue weighted by atomic mass is 16.5. The van der Waals surface area contributed by atoms with Crippen molar-refractivity contribution in [3.63, 3.8) is 0 Å². The molecule has 0 unspecified atom stereocenters. The van der Waals surface area contributed by atoms with Crippen LogP contribution in [0.4, 0.5) is 0 Å². The van der Waals surface area contributed by atoms with Gasteiger partial charge in [-0.1, -0.05) is 18.2 Å². The van der Waals surface area contributed by atoms with Crippen LogP contribution in [0, 0.1) is 0 Å². The average Bonchev–Trinajstić information content (AvgIpc) is 2.76. The lowest BCUT2D eigenvalue weighted by Crippen LogP contribution is -2.41. The molecule has 2 rings (SSSR count). The lowest BCUT2D eigenvalue weighted by molar-refractivity contribution is 0.0954. The number of methoxy groups -OCH3 is 1. The minimum Gasteiger partial charge on any atom is -0.497 e. The third kappa shape index (κ3) is 7.73. The number of aliphatic imine (C=N–C) groups is 1. The summed E-state index contributed by atoms with van der Waals surface area (Å²) in [7, 11) is 3.56. The number of carbonyl (C=O) groups is 1. The summed E-state index contributed by atoms with van der Waals surface area (Å²) in [6.07, 6.45) is 0. The van der Waals surface area contributed by atoms with Crippen LogP contribution in [0.15, 0.2) is 59.6 Å². The van der Waals surface area contributed by atoms with Gasteiger partial charge >= 0.3 is 0 Å². The number of hydrogen-bond acceptors (Lipinski definition) is 4. The van der Waals surface area contributed by atoms with E-state index in [1.807, 2.05) is 49.2 Å². The Morgan fingerprint density at radius 1 is 1.03 bits per heavy atom. The number of ether oxygens (including phenoxy) is 2. The molecule has 2 N–H and O–H groups in total. The van der Waals surface area contributed by atoms with Crippen LogP contribution in [0.25, 0.3) is 0 Å². The van der Waals surface area contributed by atoms with Gasteiger partial charge in [-0.3, -0.25) is 9.79 Å². The second kappa shape index (κ2) is 12.3. The van der Waals surface area contributed by atoms with Crippen LogP contribution in [0.1, 0.15) is 17.3 Å². The predicted molar refractivity (Wildman–Crippen MR) is 116 cm³/mol. The molecule has 0 aromatic heterocycles. The number of likely N-dealkylation sites (N-methyl/N-ethyl adjacent to an activating group) is 1. The minimum absolute atomic E-state index is 0.127. The van der Waals surface area contributed by atoms with Gasteiger partial charge in [0.2, 0.25) is 0 Å². The van der Waals surface area contributed by atoms with Crippen LogP contribution in [0.5, 0.6) is 11.5 Å². The maximum Gasteiger partial charge on any atom is 0.251 e. The molecule has 2 aromatic carbocycles. The van der Waals surface area contributed by atoms with Gasteiger partial charge in [-0.25, -0.2) is 0 Å². The summed E-state index contributed by atoms with van der Waals surface area (Å²) >= 11 is 0. The van der Waals surface area contributed by atoms with Crippen LogP contribution in [0.3, 0.4) is 0 Å². The van der Waals surface area contributed by atoms with Crippen molar-refractivity contribution in [1.82, 2.24) is 15.5 Å². The summed E-state index contributed by atoms with van der Waals surface area (Å²) in [6, 6.07) is 16.7. The first-order chi connectivity index (χ1) is 14.1. The van der Waals surface area contributed by atoms with Gasteiger partial charge in [0.05, 0.1) is 20.2 Å². The monoisotopic (exact) mass is 398 g/mol. The first-order valence-corrected chi connectivity index (χ1v) is 9.73. The maximum absolute atomic E-state index is 12.2. The molecule has 0 radical (unpaired) electrons. The first-order valence-electron chi connectivity index (χ1n) is 9.73. The Balaban J connectivity index is 1.77. The van der Waals surface area contributed by atoms with Crippen LogP contribution in [-0.4, -0.2) is 63.7 Å². The number of hydrogen-bond donors (Lipinski definition) is 2. The molecule has 0 aliphatic rings. The Bertz CT molecular complexity index is 763. The molecule has 29 heavy (non-hydrogen) atoms. The molecule has 1 amide bonds. The van der Waals surface area contributed by atoms with Crippen molar-refractivity contribution in [1.29, 1.82) is 0 Å². The molecule has 7 nitrogen and oxygen atoms in total. The maximum atomic E-state index is 12.2. The van der Waals surface area contributed by atoms with E-state index in [0.29, 0.717) is 31.8 Å². The van der Waals surface area contributed by atoms with E-state index in [1.54, 1.807) is 31.4 Å². The van der Waals surface area contributed by atoms with E-state index >= 15 is 0 Å².